The summed E-state index contributed by atoms with van der Waals surface area (Å²) in [6, 6.07) is -1.96. The summed E-state index contributed by atoms with van der Waals surface area (Å²) in [4.78, 5) is 17.5. The number of piperazine rings is 1. The van der Waals surface area contributed by atoms with Crippen LogP contribution in [0.1, 0.15) is 45.5 Å². The number of aliphatic hydroxyl groups is 1. The fourth-order valence-corrected chi connectivity index (χ4v) is 6.30. The second-order valence-electron chi connectivity index (χ2n) is 9.56. The molecule has 0 aliphatic carbocycles. The Morgan fingerprint density at radius 1 is 0.892 bits per heavy atom. The highest BCUT2D eigenvalue weighted by atomic mass is 16.5. The first-order chi connectivity index (χ1) is 17.7. The number of rotatable bonds is 5. The number of ether oxygens (including phenoxy) is 4. The quantitative estimate of drug-likeness (QED) is 0.555. The minimum Gasteiger partial charge on any atom is -0.507 e. The number of benzene rings is 2. The molecule has 10 nitrogen and oxygen atoms in total. The van der Waals surface area contributed by atoms with Gasteiger partial charge < -0.3 is 39.2 Å². The van der Waals surface area contributed by atoms with E-state index in [2.05, 4.69) is 0 Å². The van der Waals surface area contributed by atoms with Crippen molar-refractivity contribution in [3.8, 4) is 34.5 Å². The zero-order valence-corrected chi connectivity index (χ0v) is 22.0. The number of likely N-dealkylation sites (N-methyl/N-ethyl adjacent to an activating group) is 1. The molecular weight excluding hydrogens is 480 g/mol. The van der Waals surface area contributed by atoms with Crippen molar-refractivity contribution in [1.82, 2.24) is 9.80 Å². The summed E-state index contributed by atoms with van der Waals surface area (Å²) in [5.41, 5.74) is 3.77. The Morgan fingerprint density at radius 3 is 1.97 bits per heavy atom. The average molecular weight is 513 g/mol. The lowest BCUT2D eigenvalue weighted by Crippen LogP contribution is -2.60. The smallest absolute Gasteiger partial charge is 0.245 e. The first-order valence-electron chi connectivity index (χ1n) is 12.0. The first-order valence-corrected chi connectivity index (χ1v) is 12.0. The van der Waals surface area contributed by atoms with Crippen LogP contribution in [-0.2, 0) is 11.2 Å². The molecule has 0 aromatic heterocycles. The lowest BCUT2D eigenvalue weighted by atomic mass is 9.77. The molecule has 3 N–H and O–H groups in total. The third-order valence-corrected chi connectivity index (χ3v) is 8.03. The number of amides is 1. The Labute approximate surface area is 215 Å². The molecule has 1 saturated heterocycles. The van der Waals surface area contributed by atoms with E-state index in [1.807, 2.05) is 11.9 Å². The van der Waals surface area contributed by atoms with Gasteiger partial charge in [-0.25, -0.2) is 0 Å². The maximum Gasteiger partial charge on any atom is 0.245 e. The minimum atomic E-state index is -0.829. The van der Waals surface area contributed by atoms with Crippen LogP contribution in [0.4, 0.5) is 0 Å². The van der Waals surface area contributed by atoms with Gasteiger partial charge in [0.1, 0.15) is 11.5 Å². The Morgan fingerprint density at radius 2 is 1.43 bits per heavy atom. The van der Waals surface area contributed by atoms with Gasteiger partial charge in [0.25, 0.3) is 0 Å². The van der Waals surface area contributed by atoms with E-state index in [-0.39, 0.29) is 23.8 Å². The third kappa shape index (κ3) is 3.09. The molecule has 10 heteroatoms. The molecule has 3 aliphatic rings. The summed E-state index contributed by atoms with van der Waals surface area (Å²) in [5.74, 6) is 1.39. The van der Waals surface area contributed by atoms with Gasteiger partial charge in [-0.2, -0.15) is 0 Å². The molecule has 0 spiro atoms. The first kappa shape index (κ1) is 25.0. The number of carbonyl (C=O) groups excluding carboxylic acids is 1. The summed E-state index contributed by atoms with van der Waals surface area (Å²) in [6.45, 7) is 3.06. The maximum absolute atomic E-state index is 14.0. The number of nitrogens with zero attached hydrogens (tertiary/aromatic N) is 2. The van der Waals surface area contributed by atoms with Crippen molar-refractivity contribution in [3.63, 3.8) is 0 Å². The lowest BCUT2D eigenvalue weighted by Gasteiger charge is -2.53. The highest BCUT2D eigenvalue weighted by Crippen LogP contribution is 2.58. The van der Waals surface area contributed by atoms with Gasteiger partial charge in [-0.1, -0.05) is 0 Å². The van der Waals surface area contributed by atoms with Crippen molar-refractivity contribution in [2.45, 2.75) is 38.4 Å². The Balaban J connectivity index is 1.88. The van der Waals surface area contributed by atoms with Crippen LogP contribution in [0.3, 0.4) is 0 Å². The molecule has 3 atom stereocenters. The van der Waals surface area contributed by atoms with Gasteiger partial charge >= 0.3 is 0 Å². The summed E-state index contributed by atoms with van der Waals surface area (Å²) in [7, 11) is 7.87. The predicted molar refractivity (Wildman–Crippen MR) is 135 cm³/mol. The van der Waals surface area contributed by atoms with Gasteiger partial charge in [-0.3, -0.25) is 9.69 Å². The van der Waals surface area contributed by atoms with E-state index < -0.39 is 24.7 Å². The molecule has 3 heterocycles. The molecule has 3 aliphatic heterocycles. The van der Waals surface area contributed by atoms with E-state index in [0.717, 1.165) is 0 Å². The highest BCUT2D eigenvalue weighted by Gasteiger charge is 2.53. The monoisotopic (exact) mass is 512 g/mol. The minimum absolute atomic E-state index is 0.0252. The van der Waals surface area contributed by atoms with E-state index in [1.165, 1.54) is 21.3 Å². The van der Waals surface area contributed by atoms with Gasteiger partial charge in [0.05, 0.1) is 53.2 Å². The van der Waals surface area contributed by atoms with Crippen molar-refractivity contribution in [3.05, 3.63) is 39.1 Å². The molecule has 1 amide bonds. The van der Waals surface area contributed by atoms with E-state index >= 15 is 0 Å². The van der Waals surface area contributed by atoms with Gasteiger partial charge in [0.15, 0.2) is 23.0 Å². The van der Waals surface area contributed by atoms with Crippen LogP contribution in [-0.4, -0.2) is 79.2 Å². The summed E-state index contributed by atoms with van der Waals surface area (Å²) < 4.78 is 22.7. The van der Waals surface area contributed by atoms with Crippen molar-refractivity contribution in [2.75, 3.05) is 42.1 Å². The number of aromatic hydroxyl groups is 2. The molecule has 0 saturated carbocycles. The molecule has 2 aromatic rings. The zero-order valence-electron chi connectivity index (χ0n) is 22.0. The molecule has 1 fully saturated rings. The van der Waals surface area contributed by atoms with Gasteiger partial charge in [0, 0.05) is 45.5 Å². The number of phenolic OH excluding ortho intramolecular Hbond substituents is 2. The maximum atomic E-state index is 14.0. The fourth-order valence-electron chi connectivity index (χ4n) is 6.30. The Kier molecular flexibility index (Phi) is 5.91. The van der Waals surface area contributed by atoms with E-state index in [1.54, 1.807) is 31.9 Å². The van der Waals surface area contributed by atoms with Gasteiger partial charge in [0.2, 0.25) is 5.91 Å². The van der Waals surface area contributed by atoms with Crippen LogP contribution in [0.15, 0.2) is 5.70 Å². The van der Waals surface area contributed by atoms with E-state index in [4.69, 9.17) is 18.9 Å². The number of fused-ring (bicyclic) bond motifs is 7. The second kappa shape index (κ2) is 8.74. The lowest BCUT2D eigenvalue weighted by molar-refractivity contribution is -0.144. The Bertz CT molecular complexity index is 1350. The molecule has 0 radical (unpaired) electrons. The van der Waals surface area contributed by atoms with E-state index in [9.17, 15) is 20.1 Å². The third-order valence-electron chi connectivity index (χ3n) is 8.03. The van der Waals surface area contributed by atoms with Crippen molar-refractivity contribution < 1.29 is 39.1 Å². The largest absolute Gasteiger partial charge is 0.507 e. The van der Waals surface area contributed by atoms with Crippen LogP contribution in [0.5, 0.6) is 34.5 Å². The topological polar surface area (TPSA) is 121 Å². The highest BCUT2D eigenvalue weighted by molar-refractivity contribution is 5.91. The van der Waals surface area contributed by atoms with Crippen LogP contribution in [0, 0.1) is 13.8 Å². The summed E-state index contributed by atoms with van der Waals surface area (Å²) in [5, 5.41) is 33.0. The molecule has 2 bridgehead atoms. The van der Waals surface area contributed by atoms with Crippen molar-refractivity contribution in [2.24, 2.45) is 0 Å². The van der Waals surface area contributed by atoms with Crippen molar-refractivity contribution >= 4 is 12.0 Å². The molecule has 5 rings (SSSR count). The van der Waals surface area contributed by atoms with Gasteiger partial charge in [-0.05, 0) is 27.0 Å². The number of methoxy groups -OCH3 is 4. The molecular formula is C27H32N2O8. The number of hydrogen-bond acceptors (Lipinski definition) is 9. The number of aliphatic hydroxyl groups excluding tert-OH is 1. The zero-order chi connectivity index (χ0) is 26.9. The second-order valence-corrected chi connectivity index (χ2v) is 9.56. The van der Waals surface area contributed by atoms with E-state index in [0.29, 0.717) is 62.1 Å². The molecule has 37 heavy (non-hydrogen) atoms. The van der Waals surface area contributed by atoms with Crippen LogP contribution in [0.25, 0.3) is 6.08 Å². The summed E-state index contributed by atoms with van der Waals surface area (Å²) in [6.07, 6.45) is 2.00. The fraction of sp³-hybridized carbons (Fsp3) is 0.444. The average Bonchev–Trinajstić information content (AvgIpc) is 2.89. The number of phenols is 2. The van der Waals surface area contributed by atoms with Crippen LogP contribution in [0.2, 0.25) is 0 Å². The summed E-state index contributed by atoms with van der Waals surface area (Å²) >= 11 is 0. The SMILES string of the molecule is COc1c(C)c(O)c2c(c1OC)[C@H]1C3=Cc4c(O)c(C)c(OC)c(OC)c4[C@H](CO)N3C(=O)[C@H](C2)N1C. The number of carbonyl (C=O) groups is 1. The Hall–Kier alpha value is -3.63. The van der Waals surface area contributed by atoms with Crippen molar-refractivity contribution in [1.29, 1.82) is 0 Å². The molecule has 0 unspecified atom stereocenters. The molecule has 198 valence electrons. The normalized spacial score (nSPS) is 22.1. The number of hydrogen-bond donors (Lipinski definition) is 3. The van der Waals surface area contributed by atoms with Crippen LogP contribution < -0.4 is 18.9 Å². The molecule has 2 aromatic carbocycles. The van der Waals surface area contributed by atoms with Gasteiger partial charge in [-0.15, -0.1) is 0 Å². The predicted octanol–water partition coefficient (Wildman–Crippen LogP) is 2.58. The standard InChI is InChI=1S/C27H32N2O8/c1-11-21(31)13-8-15-20-19-14(22(32)12(2)24(35-5)26(19)37-7)9-16(28(20)3)27(33)29(15)17(10-30)18(13)25(36-6)23(11)34-4/h8,16-17,20,30-32H,9-10H2,1-7H3/t16-,17-,20+/m0/s1. The van der Waals surface area contributed by atoms with Crippen LogP contribution >= 0.6 is 0 Å².